The molecule has 0 bridgehead atoms. The third-order valence-electron chi connectivity index (χ3n) is 2.84. The second-order valence-electron chi connectivity index (χ2n) is 3.98. The zero-order valence-electron chi connectivity index (χ0n) is 8.45. The molecule has 1 fully saturated rings. The Balaban J connectivity index is 2.77. The van der Waals surface area contributed by atoms with Gasteiger partial charge in [-0.3, -0.25) is 9.59 Å². The second kappa shape index (κ2) is 4.40. The van der Waals surface area contributed by atoms with Crippen LogP contribution in [0.15, 0.2) is 12.2 Å². The molecule has 2 atom stereocenters. The van der Waals surface area contributed by atoms with Crippen molar-refractivity contribution in [3.8, 4) is 0 Å². The van der Waals surface area contributed by atoms with Gasteiger partial charge in [-0.2, -0.15) is 0 Å². The van der Waals surface area contributed by atoms with E-state index in [9.17, 15) is 9.59 Å². The number of hydrogen-bond donors (Lipinski definition) is 1. The third-order valence-corrected chi connectivity index (χ3v) is 2.84. The summed E-state index contributed by atoms with van der Waals surface area (Å²) in [6.45, 7) is 5.23. The lowest BCUT2D eigenvalue weighted by molar-refractivity contribution is -0.147. The number of carboxylic acid groups (broad SMARTS) is 1. The molecular formula is C11H16O3. The van der Waals surface area contributed by atoms with Crippen molar-refractivity contribution in [2.24, 2.45) is 11.8 Å². The Morgan fingerprint density at radius 3 is 2.14 bits per heavy atom. The summed E-state index contributed by atoms with van der Waals surface area (Å²) in [4.78, 5) is 22.6. The minimum atomic E-state index is -0.843. The van der Waals surface area contributed by atoms with E-state index in [1.165, 1.54) is 0 Å². The first-order valence-corrected chi connectivity index (χ1v) is 4.96. The molecule has 3 nitrogen and oxygen atoms in total. The van der Waals surface area contributed by atoms with E-state index >= 15 is 0 Å². The monoisotopic (exact) mass is 196 g/mol. The molecule has 3 heteroatoms. The van der Waals surface area contributed by atoms with Gasteiger partial charge in [-0.05, 0) is 25.3 Å². The number of carboxylic acids is 1. The minimum Gasteiger partial charge on any atom is -0.481 e. The standard InChI is InChI=1S/C11H16O3/c1-7(2)10(12)8-5-3-4-6-9(8)11(13)14/h8-9H,1,3-6H2,2H3,(H,13,14). The van der Waals surface area contributed by atoms with Gasteiger partial charge in [0.2, 0.25) is 0 Å². The molecule has 1 aliphatic rings. The summed E-state index contributed by atoms with van der Waals surface area (Å²) >= 11 is 0. The van der Waals surface area contributed by atoms with Gasteiger partial charge in [0.1, 0.15) is 0 Å². The van der Waals surface area contributed by atoms with Crippen molar-refractivity contribution >= 4 is 11.8 Å². The van der Waals surface area contributed by atoms with E-state index in [-0.39, 0.29) is 11.7 Å². The largest absolute Gasteiger partial charge is 0.481 e. The molecule has 1 saturated carbocycles. The summed E-state index contributed by atoms with van der Waals surface area (Å²) in [6, 6.07) is 0. The summed E-state index contributed by atoms with van der Waals surface area (Å²) in [5.74, 6) is -1.74. The fourth-order valence-electron chi connectivity index (χ4n) is 2.06. The smallest absolute Gasteiger partial charge is 0.307 e. The van der Waals surface area contributed by atoms with Crippen molar-refractivity contribution < 1.29 is 14.7 Å². The molecule has 0 aromatic carbocycles. The lowest BCUT2D eigenvalue weighted by Gasteiger charge is -2.27. The van der Waals surface area contributed by atoms with Crippen molar-refractivity contribution in [3.05, 3.63) is 12.2 Å². The molecule has 1 aliphatic carbocycles. The second-order valence-corrected chi connectivity index (χ2v) is 3.98. The molecule has 0 aromatic heterocycles. The maximum absolute atomic E-state index is 11.6. The van der Waals surface area contributed by atoms with Crippen LogP contribution in [0, 0.1) is 11.8 Å². The molecule has 0 spiro atoms. The molecular weight excluding hydrogens is 180 g/mol. The highest BCUT2D eigenvalue weighted by molar-refractivity contribution is 5.98. The molecule has 2 unspecified atom stereocenters. The summed E-state index contributed by atoms with van der Waals surface area (Å²) in [7, 11) is 0. The number of aliphatic carboxylic acids is 1. The summed E-state index contributed by atoms with van der Waals surface area (Å²) in [5.41, 5.74) is 0.475. The molecule has 1 rings (SSSR count). The Bertz CT molecular complexity index is 268. The number of rotatable bonds is 3. The minimum absolute atomic E-state index is 0.0721. The molecule has 0 aliphatic heterocycles. The van der Waals surface area contributed by atoms with E-state index in [0.29, 0.717) is 18.4 Å². The molecule has 0 heterocycles. The summed E-state index contributed by atoms with van der Waals surface area (Å²) in [5, 5.41) is 8.96. The Kier molecular flexibility index (Phi) is 3.44. The quantitative estimate of drug-likeness (QED) is 0.702. The van der Waals surface area contributed by atoms with Gasteiger partial charge in [-0.1, -0.05) is 19.4 Å². The fourth-order valence-corrected chi connectivity index (χ4v) is 2.06. The van der Waals surface area contributed by atoms with E-state index in [0.717, 1.165) is 12.8 Å². The van der Waals surface area contributed by atoms with E-state index in [2.05, 4.69) is 6.58 Å². The number of carbonyl (C=O) groups is 2. The SMILES string of the molecule is C=C(C)C(=O)C1CCCCC1C(=O)O. The first-order chi connectivity index (χ1) is 6.54. The zero-order valence-corrected chi connectivity index (χ0v) is 8.45. The number of carbonyl (C=O) groups excluding carboxylic acids is 1. The zero-order chi connectivity index (χ0) is 10.7. The number of Topliss-reactive ketones (excluding diaryl/α,β-unsaturated/α-hetero) is 1. The third kappa shape index (κ3) is 2.22. The van der Waals surface area contributed by atoms with Gasteiger partial charge >= 0.3 is 5.97 Å². The van der Waals surface area contributed by atoms with Gasteiger partial charge in [-0.25, -0.2) is 0 Å². The highest BCUT2D eigenvalue weighted by Gasteiger charge is 2.35. The van der Waals surface area contributed by atoms with Crippen LogP contribution in [0.5, 0.6) is 0 Å². The topological polar surface area (TPSA) is 54.4 Å². The lowest BCUT2D eigenvalue weighted by atomic mass is 9.76. The van der Waals surface area contributed by atoms with Crippen LogP contribution in [0.25, 0.3) is 0 Å². The predicted octanol–water partition coefficient (Wildman–Crippen LogP) is 2.02. The van der Waals surface area contributed by atoms with Crippen LogP contribution in [-0.4, -0.2) is 16.9 Å². The molecule has 0 radical (unpaired) electrons. The van der Waals surface area contributed by atoms with Gasteiger partial charge < -0.3 is 5.11 Å². The van der Waals surface area contributed by atoms with E-state index in [1.807, 2.05) is 0 Å². The average molecular weight is 196 g/mol. The van der Waals surface area contributed by atoms with E-state index in [4.69, 9.17) is 5.11 Å². The number of hydrogen-bond acceptors (Lipinski definition) is 2. The van der Waals surface area contributed by atoms with Gasteiger partial charge in [-0.15, -0.1) is 0 Å². The molecule has 78 valence electrons. The highest BCUT2D eigenvalue weighted by Crippen LogP contribution is 2.32. The Morgan fingerprint density at radius 1 is 1.21 bits per heavy atom. The Morgan fingerprint density at radius 2 is 1.71 bits per heavy atom. The maximum Gasteiger partial charge on any atom is 0.307 e. The fraction of sp³-hybridized carbons (Fsp3) is 0.636. The first kappa shape index (κ1) is 11.0. The van der Waals surface area contributed by atoms with E-state index in [1.54, 1.807) is 6.92 Å². The van der Waals surface area contributed by atoms with Crippen LogP contribution >= 0.6 is 0 Å². The normalized spacial score (nSPS) is 26.9. The van der Waals surface area contributed by atoms with E-state index < -0.39 is 11.9 Å². The summed E-state index contributed by atoms with van der Waals surface area (Å²) in [6.07, 6.45) is 3.19. The van der Waals surface area contributed by atoms with Gasteiger partial charge in [0.05, 0.1) is 5.92 Å². The maximum atomic E-state index is 11.6. The van der Waals surface area contributed by atoms with Crippen LogP contribution in [0.1, 0.15) is 32.6 Å². The van der Waals surface area contributed by atoms with Gasteiger partial charge in [0, 0.05) is 5.92 Å². The highest BCUT2D eigenvalue weighted by atomic mass is 16.4. The van der Waals surface area contributed by atoms with Crippen molar-refractivity contribution in [1.29, 1.82) is 0 Å². The van der Waals surface area contributed by atoms with Crippen molar-refractivity contribution in [3.63, 3.8) is 0 Å². The molecule has 14 heavy (non-hydrogen) atoms. The molecule has 0 aromatic rings. The number of ketones is 1. The summed E-state index contributed by atoms with van der Waals surface area (Å²) < 4.78 is 0. The Labute approximate surface area is 83.8 Å². The van der Waals surface area contributed by atoms with Crippen molar-refractivity contribution in [2.75, 3.05) is 0 Å². The van der Waals surface area contributed by atoms with Gasteiger partial charge in [0.25, 0.3) is 0 Å². The van der Waals surface area contributed by atoms with Crippen molar-refractivity contribution in [1.82, 2.24) is 0 Å². The van der Waals surface area contributed by atoms with Gasteiger partial charge in [0.15, 0.2) is 5.78 Å². The van der Waals surface area contributed by atoms with Crippen LogP contribution < -0.4 is 0 Å². The Hall–Kier alpha value is -1.12. The van der Waals surface area contributed by atoms with Crippen LogP contribution in [0.4, 0.5) is 0 Å². The van der Waals surface area contributed by atoms with Crippen LogP contribution in [0.3, 0.4) is 0 Å². The van der Waals surface area contributed by atoms with Crippen LogP contribution in [-0.2, 0) is 9.59 Å². The molecule has 0 amide bonds. The lowest BCUT2D eigenvalue weighted by Crippen LogP contribution is -2.32. The van der Waals surface area contributed by atoms with Crippen LogP contribution in [0.2, 0.25) is 0 Å². The number of allylic oxidation sites excluding steroid dienone is 1. The van der Waals surface area contributed by atoms with Crippen molar-refractivity contribution in [2.45, 2.75) is 32.6 Å². The average Bonchev–Trinajstić information content (AvgIpc) is 2.16. The predicted molar refractivity (Wildman–Crippen MR) is 52.9 cm³/mol. The molecule has 0 saturated heterocycles. The molecule has 1 N–H and O–H groups in total. The first-order valence-electron chi connectivity index (χ1n) is 4.96.